The second-order valence-corrected chi connectivity index (χ2v) is 2.76. The van der Waals surface area contributed by atoms with Gasteiger partial charge < -0.3 is 0 Å². The van der Waals surface area contributed by atoms with Crippen molar-refractivity contribution < 1.29 is 0 Å². The number of hydrogen-bond donors (Lipinski definition) is 0. The molecule has 1 nitrogen and oxygen atoms in total. The second-order valence-electron chi connectivity index (χ2n) is 2.76. The zero-order valence-corrected chi connectivity index (χ0v) is 8.83. The fourth-order valence-electron chi connectivity index (χ4n) is 0.935. The molecule has 0 atom stereocenters. The Morgan fingerprint density at radius 3 is 2.62 bits per heavy atom. The molecule has 0 bridgehead atoms. The standard InChI is InChI=1S/C12H19N/c1-4-6-9-12(8-5-2)10-7-11-13-3/h5,7-11H,4,6H2,1-3H3/b8-5-,10-7-,12-9+,13-11?. The van der Waals surface area contributed by atoms with Crippen LogP contribution >= 0.6 is 0 Å². The SMILES string of the molecule is C\C=C/C(/C=C\C=NC)=C\CCC. The maximum atomic E-state index is 3.88. The molecule has 1 heteroatoms. The lowest BCUT2D eigenvalue weighted by Crippen LogP contribution is -1.73. The molecule has 0 heterocycles. The van der Waals surface area contributed by atoms with Gasteiger partial charge in [-0.15, -0.1) is 0 Å². The van der Waals surface area contributed by atoms with Crippen molar-refractivity contribution in [2.45, 2.75) is 26.7 Å². The lowest BCUT2D eigenvalue weighted by Gasteiger charge is -1.92. The van der Waals surface area contributed by atoms with Crippen LogP contribution in [0.15, 0.2) is 40.9 Å². The Labute approximate surface area is 81.6 Å². The minimum Gasteiger partial charge on any atom is -0.297 e. The molecule has 0 aromatic heterocycles. The topological polar surface area (TPSA) is 12.4 Å². The van der Waals surface area contributed by atoms with E-state index < -0.39 is 0 Å². The Kier molecular flexibility index (Phi) is 8.21. The van der Waals surface area contributed by atoms with Crippen molar-refractivity contribution in [2.24, 2.45) is 4.99 Å². The predicted octanol–water partition coefficient (Wildman–Crippen LogP) is 3.55. The summed E-state index contributed by atoms with van der Waals surface area (Å²) >= 11 is 0. The molecule has 0 aliphatic carbocycles. The zero-order chi connectivity index (χ0) is 9.94. The van der Waals surface area contributed by atoms with Crippen molar-refractivity contribution in [3.63, 3.8) is 0 Å². The molecule has 0 saturated heterocycles. The average Bonchev–Trinajstić information content (AvgIpc) is 2.14. The highest BCUT2D eigenvalue weighted by Crippen LogP contribution is 2.02. The van der Waals surface area contributed by atoms with Gasteiger partial charge in [-0.3, -0.25) is 4.99 Å². The minimum atomic E-state index is 1.13. The summed E-state index contributed by atoms with van der Waals surface area (Å²) in [6.07, 6.45) is 14.5. The molecule has 0 radical (unpaired) electrons. The van der Waals surface area contributed by atoms with Crippen LogP contribution in [0.25, 0.3) is 0 Å². The van der Waals surface area contributed by atoms with Crippen LogP contribution in [0.1, 0.15) is 26.7 Å². The molecule has 0 N–H and O–H groups in total. The molecule has 0 aliphatic rings. The summed E-state index contributed by atoms with van der Waals surface area (Å²) in [6.45, 7) is 4.21. The maximum Gasteiger partial charge on any atom is 0.0277 e. The summed E-state index contributed by atoms with van der Waals surface area (Å²) < 4.78 is 0. The maximum absolute atomic E-state index is 3.88. The van der Waals surface area contributed by atoms with Gasteiger partial charge in [-0.1, -0.05) is 37.6 Å². The van der Waals surface area contributed by atoms with Crippen LogP contribution in [-0.2, 0) is 0 Å². The van der Waals surface area contributed by atoms with E-state index in [0.717, 1.165) is 6.42 Å². The van der Waals surface area contributed by atoms with Crippen LogP contribution in [0.3, 0.4) is 0 Å². The average molecular weight is 177 g/mol. The summed E-state index contributed by atoms with van der Waals surface area (Å²) in [6, 6.07) is 0. The Morgan fingerprint density at radius 2 is 2.08 bits per heavy atom. The summed E-state index contributed by atoms with van der Waals surface area (Å²) in [4.78, 5) is 3.88. The van der Waals surface area contributed by atoms with E-state index in [1.165, 1.54) is 12.0 Å². The van der Waals surface area contributed by atoms with Crippen LogP contribution in [-0.4, -0.2) is 13.3 Å². The lowest BCUT2D eigenvalue weighted by atomic mass is 10.1. The summed E-state index contributed by atoms with van der Waals surface area (Å²) in [5.41, 5.74) is 1.25. The predicted molar refractivity (Wildman–Crippen MR) is 61.4 cm³/mol. The third-order valence-corrected chi connectivity index (χ3v) is 1.55. The van der Waals surface area contributed by atoms with Gasteiger partial charge in [-0.05, 0) is 25.0 Å². The van der Waals surface area contributed by atoms with Crippen molar-refractivity contribution in [1.82, 2.24) is 0 Å². The Morgan fingerprint density at radius 1 is 1.31 bits per heavy atom. The largest absolute Gasteiger partial charge is 0.297 e. The molecular formula is C12H19N. The Balaban J connectivity index is 4.24. The first kappa shape index (κ1) is 11.9. The van der Waals surface area contributed by atoms with Crippen LogP contribution in [0, 0.1) is 0 Å². The highest BCUT2D eigenvalue weighted by Gasteiger charge is 1.83. The lowest BCUT2D eigenvalue weighted by molar-refractivity contribution is 0.955. The fourth-order valence-corrected chi connectivity index (χ4v) is 0.935. The number of nitrogens with zero attached hydrogens (tertiary/aromatic N) is 1. The van der Waals surface area contributed by atoms with Crippen molar-refractivity contribution in [2.75, 3.05) is 7.05 Å². The van der Waals surface area contributed by atoms with E-state index in [2.05, 4.69) is 36.2 Å². The molecule has 0 spiro atoms. The van der Waals surface area contributed by atoms with Crippen molar-refractivity contribution in [3.05, 3.63) is 36.0 Å². The molecule has 0 aromatic rings. The van der Waals surface area contributed by atoms with E-state index in [4.69, 9.17) is 0 Å². The molecule has 13 heavy (non-hydrogen) atoms. The second kappa shape index (κ2) is 8.98. The van der Waals surface area contributed by atoms with E-state index in [1.54, 1.807) is 13.3 Å². The van der Waals surface area contributed by atoms with Crippen LogP contribution in [0.4, 0.5) is 0 Å². The van der Waals surface area contributed by atoms with Crippen LogP contribution in [0.5, 0.6) is 0 Å². The quantitative estimate of drug-likeness (QED) is 0.450. The van der Waals surface area contributed by atoms with E-state index in [9.17, 15) is 0 Å². The van der Waals surface area contributed by atoms with Crippen LogP contribution < -0.4 is 0 Å². The number of unbranched alkanes of at least 4 members (excludes halogenated alkanes) is 1. The molecule has 0 fully saturated rings. The molecular weight excluding hydrogens is 158 g/mol. The molecule has 0 unspecified atom stereocenters. The van der Waals surface area contributed by atoms with Gasteiger partial charge in [-0.2, -0.15) is 0 Å². The third-order valence-electron chi connectivity index (χ3n) is 1.55. The highest BCUT2D eigenvalue weighted by molar-refractivity contribution is 5.71. The molecule has 0 amide bonds. The van der Waals surface area contributed by atoms with Gasteiger partial charge in [0.05, 0.1) is 0 Å². The number of allylic oxidation sites excluding steroid dienone is 6. The summed E-state index contributed by atoms with van der Waals surface area (Å²) in [5.74, 6) is 0. The zero-order valence-electron chi connectivity index (χ0n) is 8.83. The van der Waals surface area contributed by atoms with Gasteiger partial charge in [0.2, 0.25) is 0 Å². The van der Waals surface area contributed by atoms with E-state index in [0.29, 0.717) is 0 Å². The van der Waals surface area contributed by atoms with E-state index >= 15 is 0 Å². The number of hydrogen-bond acceptors (Lipinski definition) is 1. The number of aliphatic imine (C=N–C) groups is 1. The Bertz CT molecular complexity index is 219. The minimum absolute atomic E-state index is 1.13. The van der Waals surface area contributed by atoms with Gasteiger partial charge in [0.25, 0.3) is 0 Å². The monoisotopic (exact) mass is 177 g/mol. The number of rotatable bonds is 5. The fraction of sp³-hybridized carbons (Fsp3) is 0.417. The highest BCUT2D eigenvalue weighted by atomic mass is 14.6. The summed E-state index contributed by atoms with van der Waals surface area (Å²) in [7, 11) is 1.77. The van der Waals surface area contributed by atoms with Crippen molar-refractivity contribution >= 4 is 6.21 Å². The normalized spacial score (nSPS) is 13.9. The van der Waals surface area contributed by atoms with E-state index in [-0.39, 0.29) is 0 Å². The van der Waals surface area contributed by atoms with Gasteiger partial charge in [0.15, 0.2) is 0 Å². The van der Waals surface area contributed by atoms with Gasteiger partial charge >= 0.3 is 0 Å². The first-order chi connectivity index (χ1) is 6.35. The molecule has 0 rings (SSSR count). The van der Waals surface area contributed by atoms with E-state index in [1.807, 2.05) is 13.0 Å². The molecule has 0 aromatic carbocycles. The first-order valence-electron chi connectivity index (χ1n) is 4.76. The Hall–Kier alpha value is -1.11. The smallest absolute Gasteiger partial charge is 0.0277 e. The van der Waals surface area contributed by atoms with Gasteiger partial charge in [-0.25, -0.2) is 0 Å². The molecule has 0 aliphatic heterocycles. The molecule has 72 valence electrons. The van der Waals surface area contributed by atoms with Gasteiger partial charge in [0, 0.05) is 13.3 Å². The van der Waals surface area contributed by atoms with Crippen molar-refractivity contribution in [3.8, 4) is 0 Å². The first-order valence-corrected chi connectivity index (χ1v) is 4.76. The third kappa shape index (κ3) is 7.26. The van der Waals surface area contributed by atoms with Gasteiger partial charge in [0.1, 0.15) is 0 Å². The molecule has 0 saturated carbocycles. The van der Waals surface area contributed by atoms with Crippen LogP contribution in [0.2, 0.25) is 0 Å². The summed E-state index contributed by atoms with van der Waals surface area (Å²) in [5, 5.41) is 0. The van der Waals surface area contributed by atoms with Crippen molar-refractivity contribution in [1.29, 1.82) is 0 Å².